The number of benzene rings is 1. The molecule has 0 spiro atoms. The van der Waals surface area contributed by atoms with Crippen LogP contribution in [-0.4, -0.2) is 10.9 Å². The summed E-state index contributed by atoms with van der Waals surface area (Å²) in [4.78, 5) is 19.3. The molecule has 1 amide bonds. The molecular weight excluding hydrogens is 308 g/mol. The highest BCUT2D eigenvalue weighted by Gasteiger charge is 2.48. The minimum atomic E-state index is -0.0365. The van der Waals surface area contributed by atoms with Crippen LogP contribution in [0.2, 0.25) is 0 Å². The lowest BCUT2D eigenvalue weighted by molar-refractivity contribution is -0.119. The van der Waals surface area contributed by atoms with Gasteiger partial charge in [-0.25, -0.2) is 4.98 Å². The molecule has 0 saturated heterocycles. The van der Waals surface area contributed by atoms with Crippen molar-refractivity contribution in [3.8, 4) is 0 Å². The fourth-order valence-corrected chi connectivity index (χ4v) is 3.63. The lowest BCUT2D eigenvalue weighted by atomic mass is 10.2. The van der Waals surface area contributed by atoms with Crippen molar-refractivity contribution >= 4 is 28.1 Å². The molecule has 4 rings (SSSR count). The van der Waals surface area contributed by atoms with Gasteiger partial charge in [0, 0.05) is 17.2 Å². The average molecular weight is 324 g/mol. The smallest absolute Gasteiger partial charge is 0.237 e. The minimum absolute atomic E-state index is 0.0365. The number of hydrogen-bond donors (Lipinski definition) is 0. The molecule has 1 fully saturated rings. The van der Waals surface area contributed by atoms with Crippen molar-refractivity contribution in [3.05, 3.63) is 65.6 Å². The number of amides is 1. The van der Waals surface area contributed by atoms with Crippen LogP contribution in [0, 0.1) is 12.8 Å². The van der Waals surface area contributed by atoms with E-state index in [4.69, 9.17) is 4.42 Å². The molecule has 0 bridgehead atoms. The normalized spacial score (nSPS) is 19.5. The predicted octanol–water partition coefficient (Wildman–Crippen LogP) is 4.51. The Hall–Kier alpha value is -2.40. The molecule has 2 aromatic heterocycles. The number of rotatable bonds is 4. The Morgan fingerprint density at radius 3 is 2.74 bits per heavy atom. The van der Waals surface area contributed by atoms with Crippen molar-refractivity contribution in [3.63, 3.8) is 0 Å². The Morgan fingerprint density at radius 2 is 2.09 bits per heavy atom. The van der Waals surface area contributed by atoms with Crippen molar-refractivity contribution in [1.82, 2.24) is 4.98 Å². The van der Waals surface area contributed by atoms with Crippen molar-refractivity contribution in [1.29, 1.82) is 0 Å². The number of carbonyl (C=O) groups is 1. The molecule has 5 heteroatoms. The molecule has 0 N–H and O–H groups in total. The third kappa shape index (κ3) is 2.68. The van der Waals surface area contributed by atoms with Gasteiger partial charge in [-0.2, -0.15) is 0 Å². The molecule has 23 heavy (non-hydrogen) atoms. The van der Waals surface area contributed by atoms with E-state index in [-0.39, 0.29) is 17.7 Å². The first-order chi connectivity index (χ1) is 11.2. The first-order valence-electron chi connectivity index (χ1n) is 7.58. The van der Waals surface area contributed by atoms with E-state index in [1.165, 1.54) is 11.3 Å². The highest BCUT2D eigenvalue weighted by atomic mass is 32.1. The van der Waals surface area contributed by atoms with Crippen LogP contribution in [-0.2, 0) is 4.79 Å². The molecule has 0 radical (unpaired) electrons. The van der Waals surface area contributed by atoms with Gasteiger partial charge >= 0.3 is 0 Å². The van der Waals surface area contributed by atoms with Gasteiger partial charge in [-0.1, -0.05) is 18.2 Å². The van der Waals surface area contributed by atoms with Gasteiger partial charge < -0.3 is 4.42 Å². The standard InChI is InChI=1S/C18H16N2O2S/c1-12-11-23-18(19-12)20(13-6-3-2-4-7-13)17(21)15-10-14(15)16-8-5-9-22-16/h2-9,11,14-15H,10H2,1H3/t14-,15+/m1/s1. The van der Waals surface area contributed by atoms with Gasteiger partial charge in [0.25, 0.3) is 0 Å². The lowest BCUT2D eigenvalue weighted by Gasteiger charge is -2.20. The molecule has 2 atom stereocenters. The molecule has 1 aliphatic carbocycles. The molecule has 1 aliphatic rings. The van der Waals surface area contributed by atoms with Crippen LogP contribution in [0.15, 0.2) is 58.5 Å². The number of hydrogen-bond acceptors (Lipinski definition) is 4. The maximum absolute atomic E-state index is 13.1. The third-order valence-electron chi connectivity index (χ3n) is 4.05. The number of nitrogens with zero attached hydrogens (tertiary/aromatic N) is 2. The highest BCUT2D eigenvalue weighted by Crippen LogP contribution is 2.50. The maximum Gasteiger partial charge on any atom is 0.237 e. The Labute approximate surface area is 138 Å². The van der Waals surface area contributed by atoms with Crippen molar-refractivity contribution in [2.45, 2.75) is 19.3 Å². The molecule has 1 saturated carbocycles. The number of anilines is 2. The molecule has 0 unspecified atom stereocenters. The van der Waals surface area contributed by atoms with Crippen LogP contribution < -0.4 is 4.90 Å². The van der Waals surface area contributed by atoms with E-state index in [1.807, 2.05) is 54.8 Å². The van der Waals surface area contributed by atoms with Crippen molar-refractivity contribution < 1.29 is 9.21 Å². The Bertz CT molecular complexity index is 811. The summed E-state index contributed by atoms with van der Waals surface area (Å²) in [6.45, 7) is 1.94. The van der Waals surface area contributed by atoms with Crippen LogP contribution in [0.4, 0.5) is 10.8 Å². The fraction of sp³-hybridized carbons (Fsp3) is 0.222. The topological polar surface area (TPSA) is 46.3 Å². The monoisotopic (exact) mass is 324 g/mol. The van der Waals surface area contributed by atoms with Crippen LogP contribution in [0.3, 0.4) is 0 Å². The van der Waals surface area contributed by atoms with Crippen LogP contribution >= 0.6 is 11.3 Å². The maximum atomic E-state index is 13.1. The first-order valence-corrected chi connectivity index (χ1v) is 8.46. The summed E-state index contributed by atoms with van der Waals surface area (Å²) < 4.78 is 5.45. The van der Waals surface area contributed by atoms with E-state index < -0.39 is 0 Å². The highest BCUT2D eigenvalue weighted by molar-refractivity contribution is 7.14. The van der Waals surface area contributed by atoms with E-state index in [0.29, 0.717) is 0 Å². The zero-order valence-electron chi connectivity index (χ0n) is 12.7. The van der Waals surface area contributed by atoms with E-state index in [2.05, 4.69) is 4.98 Å². The van der Waals surface area contributed by atoms with E-state index in [9.17, 15) is 4.79 Å². The summed E-state index contributed by atoms with van der Waals surface area (Å²) in [7, 11) is 0. The predicted molar refractivity (Wildman–Crippen MR) is 90.0 cm³/mol. The van der Waals surface area contributed by atoms with Gasteiger partial charge in [-0.05, 0) is 37.6 Å². The molecule has 3 aromatic rings. The summed E-state index contributed by atoms with van der Waals surface area (Å²) in [5, 5.41) is 2.69. The second-order valence-corrected chi connectivity index (χ2v) is 6.58. The largest absolute Gasteiger partial charge is 0.469 e. The van der Waals surface area contributed by atoms with Crippen LogP contribution in [0.1, 0.15) is 23.8 Å². The summed E-state index contributed by atoms with van der Waals surface area (Å²) >= 11 is 1.50. The zero-order valence-corrected chi connectivity index (χ0v) is 13.5. The zero-order chi connectivity index (χ0) is 15.8. The molecule has 1 aromatic carbocycles. The number of thiazole rings is 1. The third-order valence-corrected chi connectivity index (χ3v) is 4.99. The average Bonchev–Trinajstić information content (AvgIpc) is 2.96. The summed E-state index contributed by atoms with van der Waals surface area (Å²) in [6.07, 6.45) is 2.49. The van der Waals surface area contributed by atoms with Crippen LogP contribution in [0.25, 0.3) is 0 Å². The Morgan fingerprint density at radius 1 is 1.26 bits per heavy atom. The van der Waals surface area contributed by atoms with Gasteiger partial charge in [-0.15, -0.1) is 11.3 Å². The molecule has 2 heterocycles. The summed E-state index contributed by atoms with van der Waals surface area (Å²) in [6, 6.07) is 13.5. The number of furan rings is 1. The van der Waals surface area contributed by atoms with Gasteiger partial charge in [0.1, 0.15) is 5.76 Å². The second kappa shape index (κ2) is 5.66. The fourth-order valence-electron chi connectivity index (χ4n) is 2.80. The lowest BCUT2D eigenvalue weighted by Crippen LogP contribution is -2.27. The van der Waals surface area contributed by atoms with Gasteiger partial charge in [0.05, 0.1) is 17.6 Å². The van der Waals surface area contributed by atoms with Crippen molar-refractivity contribution in [2.75, 3.05) is 4.90 Å². The van der Waals surface area contributed by atoms with Gasteiger partial charge in [0.15, 0.2) is 5.13 Å². The number of aryl methyl sites for hydroxylation is 1. The van der Waals surface area contributed by atoms with E-state index >= 15 is 0 Å². The van der Waals surface area contributed by atoms with E-state index in [1.54, 1.807) is 11.2 Å². The van der Waals surface area contributed by atoms with E-state index in [0.717, 1.165) is 28.7 Å². The number of carbonyl (C=O) groups excluding carboxylic acids is 1. The summed E-state index contributed by atoms with van der Waals surface area (Å²) in [5.74, 6) is 1.13. The Balaban J connectivity index is 1.65. The Kier molecular flexibility index (Phi) is 3.50. The molecule has 0 aliphatic heterocycles. The number of aromatic nitrogens is 1. The molecular formula is C18H16N2O2S. The molecule has 116 valence electrons. The van der Waals surface area contributed by atoms with Crippen LogP contribution in [0.5, 0.6) is 0 Å². The number of para-hydroxylation sites is 1. The second-order valence-electron chi connectivity index (χ2n) is 5.74. The van der Waals surface area contributed by atoms with Gasteiger partial charge in [0.2, 0.25) is 5.91 Å². The van der Waals surface area contributed by atoms with Gasteiger partial charge in [-0.3, -0.25) is 9.69 Å². The quantitative estimate of drug-likeness (QED) is 0.709. The first kappa shape index (κ1) is 14.2. The molecule has 4 nitrogen and oxygen atoms in total. The summed E-state index contributed by atoms with van der Waals surface area (Å²) in [5.41, 5.74) is 1.79. The minimum Gasteiger partial charge on any atom is -0.469 e. The SMILES string of the molecule is Cc1csc(N(C(=O)[C@H]2C[C@H]2c2ccco2)c2ccccc2)n1. The van der Waals surface area contributed by atoms with Crippen molar-refractivity contribution in [2.24, 2.45) is 5.92 Å².